The molecule has 8 heteroatoms. The molecule has 4 aromatic rings. The first-order chi connectivity index (χ1) is 18.9. The van der Waals surface area contributed by atoms with Crippen LogP contribution in [0, 0.1) is 23.7 Å². The summed E-state index contributed by atoms with van der Waals surface area (Å²) in [6.07, 6.45) is 8.21. The summed E-state index contributed by atoms with van der Waals surface area (Å²) in [7, 11) is 1.93. The number of rotatable bonds is 7. The number of aromatic nitrogens is 4. The van der Waals surface area contributed by atoms with Crippen LogP contribution in [0.25, 0.3) is 22.0 Å². The van der Waals surface area contributed by atoms with Gasteiger partial charge in [-0.2, -0.15) is 10.4 Å². The summed E-state index contributed by atoms with van der Waals surface area (Å²) < 4.78 is 8.14. The number of allylic oxidation sites excluding steroid dienone is 1. The van der Waals surface area contributed by atoms with Crippen molar-refractivity contribution < 1.29 is 4.74 Å². The number of nitrogens with zero attached hydrogens (tertiary/aromatic N) is 7. The maximum Gasteiger partial charge on any atom is 0.239 e. The maximum absolute atomic E-state index is 10.6. The van der Waals surface area contributed by atoms with Crippen LogP contribution in [0.4, 0.5) is 5.69 Å². The fourth-order valence-corrected chi connectivity index (χ4v) is 6.00. The highest BCUT2D eigenvalue weighted by atomic mass is 16.5. The highest BCUT2D eigenvalue weighted by Gasteiger charge is 2.48. The van der Waals surface area contributed by atoms with Crippen LogP contribution in [0.5, 0.6) is 5.88 Å². The molecular formula is C31H31N7O. The zero-order valence-electron chi connectivity index (χ0n) is 22.4. The molecule has 196 valence electrons. The predicted octanol–water partition coefficient (Wildman–Crippen LogP) is 5.00. The van der Waals surface area contributed by atoms with E-state index in [9.17, 15) is 5.26 Å². The van der Waals surface area contributed by atoms with Crippen molar-refractivity contribution in [2.45, 2.75) is 20.0 Å². The molecule has 2 saturated heterocycles. The second kappa shape index (κ2) is 9.59. The van der Waals surface area contributed by atoms with Gasteiger partial charge in [0, 0.05) is 73.2 Å². The van der Waals surface area contributed by atoms with Gasteiger partial charge in [-0.3, -0.25) is 9.67 Å². The Hall–Kier alpha value is -4.64. The topological polar surface area (TPSA) is 83.1 Å². The van der Waals surface area contributed by atoms with Crippen molar-refractivity contribution in [3.63, 3.8) is 0 Å². The number of benzene rings is 1. The van der Waals surface area contributed by atoms with Crippen molar-refractivity contribution in [3.05, 3.63) is 90.7 Å². The summed E-state index contributed by atoms with van der Waals surface area (Å²) in [5.74, 6) is 0.458. The molecule has 1 aromatic carbocycles. The second-order valence-corrected chi connectivity index (χ2v) is 10.6. The largest absolute Gasteiger partial charge is 0.470 e. The van der Waals surface area contributed by atoms with E-state index in [0.717, 1.165) is 77.3 Å². The number of ether oxygens (including phenoxy) is 1. The van der Waals surface area contributed by atoms with Gasteiger partial charge in [-0.25, -0.2) is 4.98 Å². The van der Waals surface area contributed by atoms with E-state index in [1.165, 1.54) is 0 Å². The van der Waals surface area contributed by atoms with Gasteiger partial charge in [0.1, 0.15) is 18.4 Å². The van der Waals surface area contributed by atoms with E-state index in [2.05, 4.69) is 58.2 Å². The lowest BCUT2D eigenvalue weighted by Crippen LogP contribution is -2.56. The van der Waals surface area contributed by atoms with Crippen molar-refractivity contribution in [2.24, 2.45) is 12.5 Å². The van der Waals surface area contributed by atoms with Gasteiger partial charge in [0.05, 0.1) is 23.0 Å². The lowest BCUT2D eigenvalue weighted by Gasteiger charge is -2.49. The first-order valence-corrected chi connectivity index (χ1v) is 13.1. The Bertz CT molecular complexity index is 1630. The molecule has 0 aliphatic carbocycles. The van der Waals surface area contributed by atoms with Crippen molar-refractivity contribution in [2.75, 3.05) is 31.1 Å². The van der Waals surface area contributed by atoms with Crippen molar-refractivity contribution in [1.82, 2.24) is 24.6 Å². The van der Waals surface area contributed by atoms with E-state index >= 15 is 0 Å². The van der Waals surface area contributed by atoms with Crippen LogP contribution >= 0.6 is 0 Å². The van der Waals surface area contributed by atoms with Gasteiger partial charge in [0.15, 0.2) is 0 Å². The second-order valence-electron chi connectivity index (χ2n) is 10.6. The Balaban J connectivity index is 1.44. The van der Waals surface area contributed by atoms with Gasteiger partial charge in [0.25, 0.3) is 0 Å². The molecule has 0 N–H and O–H groups in total. The number of hydrogen-bond acceptors (Lipinski definition) is 7. The summed E-state index contributed by atoms with van der Waals surface area (Å²) in [6.45, 7) is 13.8. The standard InChI is InChI=1S/C31H31N7O/c1-5-22(3)38-19-31(20-38)11-13-37(18-31)29-25(14-32)26(16-34-30(29)39-17-24-8-6-7-12-33-24)27-21(2)9-10-23-15-35-36(4)28(23)27/h5-10,12,15-16H,1,3,11,13,17-20H2,2,4H3. The summed E-state index contributed by atoms with van der Waals surface area (Å²) in [4.78, 5) is 13.8. The smallest absolute Gasteiger partial charge is 0.239 e. The number of likely N-dealkylation sites (tertiary alicyclic amines) is 1. The highest BCUT2D eigenvalue weighted by molar-refractivity contribution is 5.98. The summed E-state index contributed by atoms with van der Waals surface area (Å²) in [6, 6.07) is 12.4. The molecule has 2 aliphatic rings. The average molecular weight is 518 g/mol. The van der Waals surface area contributed by atoms with Gasteiger partial charge in [-0.05, 0) is 37.1 Å². The molecule has 0 radical (unpaired) electrons. The third-order valence-corrected chi connectivity index (χ3v) is 8.04. The minimum atomic E-state index is 0.144. The molecule has 39 heavy (non-hydrogen) atoms. The fourth-order valence-electron chi connectivity index (χ4n) is 6.00. The number of aryl methyl sites for hydroxylation is 2. The Morgan fingerprint density at radius 3 is 2.77 bits per heavy atom. The molecule has 2 aliphatic heterocycles. The van der Waals surface area contributed by atoms with Gasteiger partial charge in [0.2, 0.25) is 5.88 Å². The molecule has 5 heterocycles. The van der Waals surface area contributed by atoms with Crippen LogP contribution in [0.1, 0.15) is 23.2 Å². The molecular weight excluding hydrogens is 486 g/mol. The van der Waals surface area contributed by atoms with Crippen LogP contribution in [0.15, 0.2) is 73.9 Å². The third kappa shape index (κ3) is 4.20. The lowest BCUT2D eigenvalue weighted by molar-refractivity contribution is 0.0536. The van der Waals surface area contributed by atoms with Gasteiger partial charge < -0.3 is 14.5 Å². The van der Waals surface area contributed by atoms with Gasteiger partial charge in [-0.15, -0.1) is 0 Å². The van der Waals surface area contributed by atoms with Crippen LogP contribution in [-0.4, -0.2) is 50.8 Å². The van der Waals surface area contributed by atoms with E-state index < -0.39 is 0 Å². The fraction of sp³-hybridized carbons (Fsp3) is 0.290. The zero-order valence-corrected chi connectivity index (χ0v) is 22.4. The van der Waals surface area contributed by atoms with Gasteiger partial charge in [-0.1, -0.05) is 31.4 Å². The monoisotopic (exact) mass is 517 g/mol. The Kier molecular flexibility index (Phi) is 6.07. The first-order valence-electron chi connectivity index (χ1n) is 13.1. The molecule has 8 nitrogen and oxygen atoms in total. The van der Waals surface area contributed by atoms with Gasteiger partial charge >= 0.3 is 0 Å². The lowest BCUT2D eigenvalue weighted by atomic mass is 9.78. The van der Waals surface area contributed by atoms with Crippen molar-refractivity contribution >= 4 is 16.6 Å². The van der Waals surface area contributed by atoms with Crippen LogP contribution < -0.4 is 9.64 Å². The van der Waals surface area contributed by atoms with Crippen molar-refractivity contribution in [1.29, 1.82) is 5.26 Å². The normalized spacial score (nSPS) is 15.8. The SMILES string of the molecule is C=CC(=C)N1CC2(CCN(c3c(OCc4ccccn4)ncc(-c4c(C)ccc5cnn(C)c45)c3C#N)C2)C1. The van der Waals surface area contributed by atoms with E-state index in [4.69, 9.17) is 9.72 Å². The van der Waals surface area contributed by atoms with Crippen LogP contribution in [0.2, 0.25) is 0 Å². The number of pyridine rings is 2. The highest BCUT2D eigenvalue weighted by Crippen LogP contribution is 2.47. The quantitative estimate of drug-likeness (QED) is 0.319. The van der Waals surface area contributed by atoms with E-state index in [-0.39, 0.29) is 12.0 Å². The average Bonchev–Trinajstić information content (AvgIpc) is 3.55. The predicted molar refractivity (Wildman–Crippen MR) is 152 cm³/mol. The summed E-state index contributed by atoms with van der Waals surface area (Å²) in [5, 5.41) is 16.1. The zero-order chi connectivity index (χ0) is 27.1. The third-order valence-electron chi connectivity index (χ3n) is 8.04. The molecule has 6 rings (SSSR count). The summed E-state index contributed by atoms with van der Waals surface area (Å²) in [5.41, 5.74) is 7.04. The van der Waals surface area contributed by atoms with E-state index in [1.807, 2.05) is 42.2 Å². The summed E-state index contributed by atoms with van der Waals surface area (Å²) >= 11 is 0. The minimum Gasteiger partial charge on any atom is -0.470 e. The maximum atomic E-state index is 10.6. The minimum absolute atomic E-state index is 0.144. The number of hydrogen-bond donors (Lipinski definition) is 0. The van der Waals surface area contributed by atoms with E-state index in [0.29, 0.717) is 11.4 Å². The number of nitriles is 1. The molecule has 3 aromatic heterocycles. The molecule has 0 atom stereocenters. The Labute approximate surface area is 228 Å². The Morgan fingerprint density at radius 1 is 1.18 bits per heavy atom. The first kappa shape index (κ1) is 24.7. The van der Waals surface area contributed by atoms with Crippen LogP contribution in [-0.2, 0) is 13.7 Å². The molecule has 0 unspecified atom stereocenters. The molecule has 2 fully saturated rings. The number of fused-ring (bicyclic) bond motifs is 1. The molecule has 0 bridgehead atoms. The number of anilines is 1. The van der Waals surface area contributed by atoms with Crippen LogP contribution in [0.3, 0.4) is 0 Å². The molecule has 1 spiro atoms. The van der Waals surface area contributed by atoms with E-state index in [1.54, 1.807) is 12.4 Å². The van der Waals surface area contributed by atoms with Crippen molar-refractivity contribution in [3.8, 4) is 23.1 Å². The molecule has 0 saturated carbocycles. The molecule has 0 amide bonds. The Morgan fingerprint density at radius 2 is 2.03 bits per heavy atom.